The largest absolute Gasteiger partial charge is 0.350 e. The van der Waals surface area contributed by atoms with Gasteiger partial charge in [0.15, 0.2) is 4.77 Å². The maximum atomic E-state index is 12.4. The van der Waals surface area contributed by atoms with Gasteiger partial charge in [-0.3, -0.25) is 14.3 Å². The van der Waals surface area contributed by atoms with Crippen LogP contribution in [0.15, 0.2) is 60.9 Å². The summed E-state index contributed by atoms with van der Waals surface area (Å²) in [5.41, 5.74) is 2.29. The van der Waals surface area contributed by atoms with Crippen molar-refractivity contribution in [2.75, 3.05) is 6.54 Å². The summed E-state index contributed by atoms with van der Waals surface area (Å²) in [5, 5.41) is 2.90. The first-order chi connectivity index (χ1) is 11.3. The van der Waals surface area contributed by atoms with E-state index in [1.165, 1.54) is 0 Å². The summed E-state index contributed by atoms with van der Waals surface area (Å²) in [5.74, 6) is -0.169. The van der Waals surface area contributed by atoms with Crippen molar-refractivity contribution in [1.29, 1.82) is 0 Å². The predicted octanol–water partition coefficient (Wildman–Crippen LogP) is 2.90. The maximum absolute atomic E-state index is 12.4. The molecule has 0 atom stereocenters. The van der Waals surface area contributed by atoms with Crippen LogP contribution in [0.2, 0.25) is 0 Å². The second-order valence-corrected chi connectivity index (χ2v) is 5.36. The third-order valence-electron chi connectivity index (χ3n) is 3.42. The number of carbonyl (C=O) groups is 1. The number of hydrogen-bond donors (Lipinski definition) is 2. The van der Waals surface area contributed by atoms with E-state index in [0.29, 0.717) is 23.4 Å². The molecule has 5 nitrogen and oxygen atoms in total. The van der Waals surface area contributed by atoms with Gasteiger partial charge in [-0.25, -0.2) is 0 Å². The van der Waals surface area contributed by atoms with Crippen LogP contribution in [-0.4, -0.2) is 27.0 Å². The van der Waals surface area contributed by atoms with Gasteiger partial charge >= 0.3 is 0 Å². The van der Waals surface area contributed by atoms with Gasteiger partial charge in [0.25, 0.3) is 5.91 Å². The van der Waals surface area contributed by atoms with Gasteiger partial charge in [-0.1, -0.05) is 24.3 Å². The Morgan fingerprint density at radius 3 is 2.70 bits per heavy atom. The molecule has 3 rings (SSSR count). The van der Waals surface area contributed by atoms with Crippen LogP contribution in [0.5, 0.6) is 0 Å². The molecule has 1 aromatic carbocycles. The summed E-state index contributed by atoms with van der Waals surface area (Å²) in [4.78, 5) is 19.6. The lowest BCUT2D eigenvalue weighted by Gasteiger charge is -2.09. The van der Waals surface area contributed by atoms with Gasteiger partial charge in [-0.2, -0.15) is 0 Å². The number of pyridine rings is 1. The monoisotopic (exact) mass is 324 g/mol. The molecule has 0 spiro atoms. The van der Waals surface area contributed by atoms with Crippen molar-refractivity contribution in [3.63, 3.8) is 0 Å². The smallest absolute Gasteiger partial charge is 0.269 e. The Kier molecular flexibility index (Phi) is 4.63. The van der Waals surface area contributed by atoms with Gasteiger partial charge in [-0.15, -0.1) is 0 Å². The summed E-state index contributed by atoms with van der Waals surface area (Å²) < 4.78 is 2.22. The van der Waals surface area contributed by atoms with Crippen molar-refractivity contribution < 1.29 is 4.79 Å². The van der Waals surface area contributed by atoms with E-state index in [4.69, 9.17) is 12.2 Å². The molecule has 0 fully saturated rings. The number of nitrogens with zero attached hydrogens (tertiary/aromatic N) is 2. The third-order valence-corrected chi connectivity index (χ3v) is 3.72. The number of aromatic nitrogens is 3. The van der Waals surface area contributed by atoms with Gasteiger partial charge in [0.05, 0.1) is 0 Å². The van der Waals surface area contributed by atoms with Gasteiger partial charge in [0, 0.05) is 36.7 Å². The van der Waals surface area contributed by atoms with Gasteiger partial charge in [-0.05, 0) is 36.5 Å². The van der Waals surface area contributed by atoms with Gasteiger partial charge in [0.1, 0.15) is 5.69 Å². The zero-order valence-corrected chi connectivity index (χ0v) is 13.2. The first-order valence-corrected chi connectivity index (χ1v) is 7.70. The van der Waals surface area contributed by atoms with Crippen molar-refractivity contribution in [3.8, 4) is 5.69 Å². The van der Waals surface area contributed by atoms with Crippen LogP contribution in [0.1, 0.15) is 16.2 Å². The van der Waals surface area contributed by atoms with Crippen molar-refractivity contribution in [1.82, 2.24) is 19.9 Å². The number of H-pyrrole nitrogens is 1. The van der Waals surface area contributed by atoms with Crippen molar-refractivity contribution in [3.05, 3.63) is 77.1 Å². The molecule has 3 aromatic rings. The fourth-order valence-electron chi connectivity index (χ4n) is 2.31. The predicted molar refractivity (Wildman–Crippen MR) is 91.2 cm³/mol. The molecule has 0 aliphatic rings. The minimum Gasteiger partial charge on any atom is -0.350 e. The topological polar surface area (TPSA) is 62.7 Å². The van der Waals surface area contributed by atoms with Crippen LogP contribution in [0.4, 0.5) is 0 Å². The Hall–Kier alpha value is -2.73. The van der Waals surface area contributed by atoms with E-state index in [-0.39, 0.29) is 5.91 Å². The summed E-state index contributed by atoms with van der Waals surface area (Å²) >= 11 is 5.28. The molecule has 6 heteroatoms. The Balaban J connectivity index is 1.72. The van der Waals surface area contributed by atoms with E-state index < -0.39 is 0 Å². The van der Waals surface area contributed by atoms with Crippen molar-refractivity contribution in [2.45, 2.75) is 6.42 Å². The minimum atomic E-state index is -0.169. The molecule has 2 heterocycles. The summed E-state index contributed by atoms with van der Waals surface area (Å²) in [6.07, 6.45) is 4.06. The number of aromatic amines is 1. The van der Waals surface area contributed by atoms with Crippen LogP contribution in [0.25, 0.3) is 5.69 Å². The molecule has 0 bridgehead atoms. The fraction of sp³-hybridized carbons (Fsp3) is 0.118. The van der Waals surface area contributed by atoms with E-state index >= 15 is 0 Å². The maximum Gasteiger partial charge on any atom is 0.269 e. The minimum absolute atomic E-state index is 0.169. The van der Waals surface area contributed by atoms with E-state index in [0.717, 1.165) is 11.4 Å². The van der Waals surface area contributed by atoms with Gasteiger partial charge < -0.3 is 10.3 Å². The number of imidazole rings is 1. The SMILES string of the molecule is O=C(NCCc1ccccn1)c1c[nH]c(=S)n1-c1ccccc1. The lowest BCUT2D eigenvalue weighted by Crippen LogP contribution is -2.27. The Bertz CT molecular complexity index is 840. The standard InChI is InChI=1S/C17H16N4OS/c22-16(19-11-9-13-6-4-5-10-18-13)15-12-20-17(23)21(15)14-7-2-1-3-8-14/h1-8,10,12H,9,11H2,(H,19,22)(H,20,23). The first-order valence-electron chi connectivity index (χ1n) is 7.29. The highest BCUT2D eigenvalue weighted by molar-refractivity contribution is 7.71. The average Bonchev–Trinajstić information content (AvgIpc) is 2.98. The molecule has 23 heavy (non-hydrogen) atoms. The summed E-state index contributed by atoms with van der Waals surface area (Å²) in [6, 6.07) is 15.3. The lowest BCUT2D eigenvalue weighted by atomic mass is 10.2. The van der Waals surface area contributed by atoms with E-state index in [1.807, 2.05) is 48.5 Å². The third kappa shape index (κ3) is 3.54. The quantitative estimate of drug-likeness (QED) is 0.709. The zero-order chi connectivity index (χ0) is 16.1. The molecule has 1 amide bonds. The summed E-state index contributed by atoms with van der Waals surface area (Å²) in [6.45, 7) is 0.516. The van der Waals surface area contributed by atoms with Crippen LogP contribution >= 0.6 is 12.2 Å². The number of rotatable bonds is 5. The lowest BCUT2D eigenvalue weighted by molar-refractivity contribution is 0.0947. The van der Waals surface area contributed by atoms with E-state index in [9.17, 15) is 4.79 Å². The molecule has 0 saturated heterocycles. The van der Waals surface area contributed by atoms with Crippen LogP contribution < -0.4 is 5.32 Å². The molecular formula is C17H16N4OS. The van der Waals surface area contributed by atoms with Crippen LogP contribution in [0, 0.1) is 4.77 Å². The highest BCUT2D eigenvalue weighted by atomic mass is 32.1. The Morgan fingerprint density at radius 1 is 1.17 bits per heavy atom. The molecule has 0 aliphatic heterocycles. The molecule has 2 N–H and O–H groups in total. The van der Waals surface area contributed by atoms with E-state index in [2.05, 4.69) is 15.3 Å². The number of benzene rings is 1. The number of hydrogen-bond acceptors (Lipinski definition) is 3. The number of carbonyl (C=O) groups excluding carboxylic acids is 1. The van der Waals surface area contributed by atoms with Crippen molar-refractivity contribution in [2.24, 2.45) is 0 Å². The molecule has 2 aromatic heterocycles. The number of para-hydroxylation sites is 1. The molecule has 0 unspecified atom stereocenters. The average molecular weight is 324 g/mol. The number of amides is 1. The summed E-state index contributed by atoms with van der Waals surface area (Å²) in [7, 11) is 0. The molecule has 0 saturated carbocycles. The van der Waals surface area contributed by atoms with Gasteiger partial charge in [0.2, 0.25) is 0 Å². The Morgan fingerprint density at radius 2 is 1.96 bits per heavy atom. The zero-order valence-electron chi connectivity index (χ0n) is 12.4. The highest BCUT2D eigenvalue weighted by Crippen LogP contribution is 2.12. The highest BCUT2D eigenvalue weighted by Gasteiger charge is 2.13. The number of nitrogens with one attached hydrogen (secondary N) is 2. The first kappa shape index (κ1) is 15.2. The second-order valence-electron chi connectivity index (χ2n) is 4.98. The molecule has 0 radical (unpaired) electrons. The van der Waals surface area contributed by atoms with Crippen molar-refractivity contribution >= 4 is 18.1 Å². The van der Waals surface area contributed by atoms with E-state index in [1.54, 1.807) is 17.0 Å². The van der Waals surface area contributed by atoms with Crippen LogP contribution in [-0.2, 0) is 6.42 Å². The molecule has 116 valence electrons. The second kappa shape index (κ2) is 7.02. The normalized spacial score (nSPS) is 10.4. The van der Waals surface area contributed by atoms with Crippen LogP contribution in [0.3, 0.4) is 0 Å². The molecular weight excluding hydrogens is 308 g/mol. The fourth-order valence-corrected chi connectivity index (χ4v) is 2.57. The molecule has 0 aliphatic carbocycles. The Labute approximate surface area is 139 Å².